The maximum atomic E-state index is 13.8. The van der Waals surface area contributed by atoms with Crippen LogP contribution in [0.2, 0.25) is 0 Å². The fourth-order valence-corrected chi connectivity index (χ4v) is 5.98. The normalized spacial score (nSPS) is 21.1. The van der Waals surface area contributed by atoms with Crippen LogP contribution in [-0.4, -0.2) is 45.6 Å². The third-order valence-electron chi connectivity index (χ3n) is 6.72. The van der Waals surface area contributed by atoms with E-state index in [1.807, 2.05) is 29.2 Å². The van der Waals surface area contributed by atoms with Crippen molar-refractivity contribution in [3.8, 4) is 0 Å². The van der Waals surface area contributed by atoms with Crippen LogP contribution in [0.25, 0.3) is 0 Å². The molecule has 2 heterocycles. The van der Waals surface area contributed by atoms with Crippen LogP contribution in [0.3, 0.4) is 0 Å². The molecule has 1 saturated carbocycles. The van der Waals surface area contributed by atoms with Gasteiger partial charge >= 0.3 is 0 Å². The van der Waals surface area contributed by atoms with Crippen LogP contribution >= 0.6 is 11.3 Å². The Hall–Kier alpha value is -2.32. The number of anilines is 1. The molecular formula is C23H30N4O3S. The Kier molecular flexibility index (Phi) is 6.39. The lowest BCUT2D eigenvalue weighted by atomic mass is 9.64. The minimum absolute atomic E-state index is 0.0502. The zero-order chi connectivity index (χ0) is 22.0. The van der Waals surface area contributed by atoms with E-state index in [0.717, 1.165) is 44.1 Å². The Bertz CT molecular complexity index is 954. The Morgan fingerprint density at radius 1 is 1.29 bits per heavy atom. The van der Waals surface area contributed by atoms with E-state index in [1.54, 1.807) is 7.11 Å². The van der Waals surface area contributed by atoms with Crippen molar-refractivity contribution in [2.24, 2.45) is 0 Å². The highest BCUT2D eigenvalue weighted by Gasteiger charge is 2.55. The number of amides is 2. The first-order chi connectivity index (χ1) is 15.0. The average molecular weight is 443 g/mol. The smallest absolute Gasteiger partial charge is 0.254 e. The Labute approximate surface area is 187 Å². The molecule has 166 valence electrons. The van der Waals surface area contributed by atoms with E-state index < -0.39 is 11.5 Å². The fourth-order valence-electron chi connectivity index (χ4n) is 5.27. The zero-order valence-corrected chi connectivity index (χ0v) is 19.2. The van der Waals surface area contributed by atoms with Crippen LogP contribution in [0.5, 0.6) is 0 Å². The SMILES string of the molecule is CC[C@H](C)N1C(=O)c2ccccc2[C@H](C(=O)Nc2nnc(COC)s2)C12CCCCC2. The van der Waals surface area contributed by atoms with Crippen LogP contribution in [0.4, 0.5) is 5.13 Å². The second kappa shape index (κ2) is 9.04. The van der Waals surface area contributed by atoms with Crippen molar-refractivity contribution < 1.29 is 14.3 Å². The van der Waals surface area contributed by atoms with E-state index in [9.17, 15) is 9.59 Å². The molecule has 1 aliphatic carbocycles. The van der Waals surface area contributed by atoms with E-state index in [1.165, 1.54) is 11.3 Å². The number of fused-ring (bicyclic) bond motifs is 1. The highest BCUT2D eigenvalue weighted by molar-refractivity contribution is 7.15. The third kappa shape index (κ3) is 3.87. The molecule has 1 aromatic carbocycles. The molecule has 0 bridgehead atoms. The predicted octanol–water partition coefficient (Wildman–Crippen LogP) is 4.36. The van der Waals surface area contributed by atoms with Gasteiger partial charge in [0.2, 0.25) is 11.0 Å². The average Bonchev–Trinajstić information content (AvgIpc) is 3.21. The summed E-state index contributed by atoms with van der Waals surface area (Å²) in [7, 11) is 1.60. The summed E-state index contributed by atoms with van der Waals surface area (Å²) in [4.78, 5) is 29.5. The quantitative estimate of drug-likeness (QED) is 0.718. The van der Waals surface area contributed by atoms with E-state index in [0.29, 0.717) is 22.3 Å². The molecule has 1 aromatic heterocycles. The lowest BCUT2D eigenvalue weighted by Gasteiger charge is -2.55. The Morgan fingerprint density at radius 2 is 2.03 bits per heavy atom. The number of benzene rings is 1. The number of nitrogens with zero attached hydrogens (tertiary/aromatic N) is 3. The Morgan fingerprint density at radius 3 is 2.74 bits per heavy atom. The summed E-state index contributed by atoms with van der Waals surface area (Å²) in [5.74, 6) is -0.505. The van der Waals surface area contributed by atoms with Crippen molar-refractivity contribution >= 4 is 28.3 Å². The van der Waals surface area contributed by atoms with Gasteiger partial charge in [0.1, 0.15) is 11.6 Å². The molecule has 1 fully saturated rings. The van der Waals surface area contributed by atoms with Gasteiger partial charge < -0.3 is 9.64 Å². The van der Waals surface area contributed by atoms with Crippen molar-refractivity contribution in [1.82, 2.24) is 15.1 Å². The number of carbonyl (C=O) groups excluding carboxylic acids is 2. The Balaban J connectivity index is 1.78. The van der Waals surface area contributed by atoms with E-state index in [-0.39, 0.29) is 17.9 Å². The van der Waals surface area contributed by atoms with E-state index in [4.69, 9.17) is 4.74 Å². The summed E-state index contributed by atoms with van der Waals surface area (Å²) < 4.78 is 5.11. The van der Waals surface area contributed by atoms with Crippen LogP contribution in [0.1, 0.15) is 79.2 Å². The van der Waals surface area contributed by atoms with Gasteiger partial charge in [-0.3, -0.25) is 14.9 Å². The maximum Gasteiger partial charge on any atom is 0.254 e. The number of methoxy groups -OCH3 is 1. The molecule has 2 aliphatic rings. The molecule has 2 amide bonds. The number of hydrogen-bond donors (Lipinski definition) is 1. The van der Waals surface area contributed by atoms with Crippen LogP contribution in [0.15, 0.2) is 24.3 Å². The first-order valence-electron chi connectivity index (χ1n) is 11.1. The van der Waals surface area contributed by atoms with Crippen molar-refractivity contribution in [1.29, 1.82) is 0 Å². The number of nitrogens with one attached hydrogen (secondary N) is 1. The van der Waals surface area contributed by atoms with Gasteiger partial charge in [-0.1, -0.05) is 55.7 Å². The number of aromatic nitrogens is 2. The number of hydrogen-bond acceptors (Lipinski definition) is 6. The fraction of sp³-hybridized carbons (Fsp3) is 0.565. The maximum absolute atomic E-state index is 13.8. The predicted molar refractivity (Wildman–Crippen MR) is 120 cm³/mol. The largest absolute Gasteiger partial charge is 0.377 e. The molecule has 8 heteroatoms. The summed E-state index contributed by atoms with van der Waals surface area (Å²) in [6.45, 7) is 4.56. The van der Waals surface area contributed by atoms with Gasteiger partial charge in [-0.15, -0.1) is 10.2 Å². The summed E-state index contributed by atoms with van der Waals surface area (Å²) >= 11 is 1.32. The molecule has 1 N–H and O–H groups in total. The van der Waals surface area contributed by atoms with Gasteiger partial charge in [0, 0.05) is 18.7 Å². The van der Waals surface area contributed by atoms with E-state index in [2.05, 4.69) is 29.4 Å². The first-order valence-corrected chi connectivity index (χ1v) is 11.9. The topological polar surface area (TPSA) is 84.4 Å². The minimum atomic E-state index is -0.511. The van der Waals surface area contributed by atoms with Crippen LogP contribution in [0, 0.1) is 0 Å². The molecule has 0 radical (unpaired) electrons. The number of rotatable bonds is 6. The molecule has 31 heavy (non-hydrogen) atoms. The summed E-state index contributed by atoms with van der Waals surface area (Å²) in [6, 6.07) is 7.65. The molecule has 1 spiro atoms. The van der Waals surface area contributed by atoms with E-state index >= 15 is 0 Å². The van der Waals surface area contributed by atoms with Crippen molar-refractivity contribution in [2.75, 3.05) is 12.4 Å². The summed E-state index contributed by atoms with van der Waals surface area (Å²) in [5, 5.41) is 12.4. The minimum Gasteiger partial charge on any atom is -0.377 e. The molecule has 0 saturated heterocycles. The molecule has 2 aromatic rings. The van der Waals surface area contributed by atoms with Gasteiger partial charge in [0.25, 0.3) is 5.91 Å². The number of carbonyl (C=O) groups is 2. The summed E-state index contributed by atoms with van der Waals surface area (Å²) in [6.07, 6.45) is 5.69. The monoisotopic (exact) mass is 442 g/mol. The molecule has 0 unspecified atom stereocenters. The van der Waals surface area contributed by atoms with Crippen molar-refractivity contribution in [3.63, 3.8) is 0 Å². The second-order valence-electron chi connectivity index (χ2n) is 8.54. The second-order valence-corrected chi connectivity index (χ2v) is 9.60. The third-order valence-corrected chi connectivity index (χ3v) is 7.53. The lowest BCUT2D eigenvalue weighted by Crippen LogP contribution is -2.64. The molecule has 2 atom stereocenters. The van der Waals surface area contributed by atoms with Gasteiger partial charge in [0.15, 0.2) is 0 Å². The van der Waals surface area contributed by atoms with Crippen molar-refractivity contribution in [2.45, 2.75) is 76.5 Å². The van der Waals surface area contributed by atoms with Gasteiger partial charge in [-0.05, 0) is 37.8 Å². The molecular weight excluding hydrogens is 412 g/mol. The first kappa shape index (κ1) is 21.9. The summed E-state index contributed by atoms with van der Waals surface area (Å²) in [5.41, 5.74) is 0.952. The molecule has 1 aliphatic heterocycles. The van der Waals surface area contributed by atoms with Gasteiger partial charge in [0.05, 0.1) is 11.5 Å². The highest BCUT2D eigenvalue weighted by Crippen LogP contribution is 2.50. The standard InChI is InChI=1S/C23H30N4O3S/c1-4-15(2)27-21(29)17-11-7-6-10-16(17)19(23(27)12-8-5-9-13-23)20(28)24-22-26-25-18(31-22)14-30-3/h6-7,10-11,15,19H,4-5,8-9,12-14H2,1-3H3,(H,24,26,28)/t15-,19+/m0/s1. The van der Waals surface area contributed by atoms with Crippen LogP contribution in [-0.2, 0) is 16.1 Å². The lowest BCUT2D eigenvalue weighted by molar-refractivity contribution is -0.122. The van der Waals surface area contributed by atoms with Gasteiger partial charge in [-0.2, -0.15) is 0 Å². The molecule has 7 nitrogen and oxygen atoms in total. The highest BCUT2D eigenvalue weighted by atomic mass is 32.1. The van der Waals surface area contributed by atoms with Crippen molar-refractivity contribution in [3.05, 3.63) is 40.4 Å². The zero-order valence-electron chi connectivity index (χ0n) is 18.4. The molecule has 4 rings (SSSR count). The van der Waals surface area contributed by atoms with Gasteiger partial charge in [-0.25, -0.2) is 0 Å². The van der Waals surface area contributed by atoms with Crippen LogP contribution < -0.4 is 5.32 Å². The number of ether oxygens (including phenoxy) is 1.